The van der Waals surface area contributed by atoms with E-state index in [1.165, 1.54) is 16.9 Å². The first kappa shape index (κ1) is 14.3. The van der Waals surface area contributed by atoms with Crippen LogP contribution < -0.4 is 16.0 Å². The zero-order valence-electron chi connectivity index (χ0n) is 11.8. The lowest BCUT2D eigenvalue weighted by Gasteiger charge is -2.05. The topological polar surface area (TPSA) is 71.2 Å². The molecule has 6 heteroatoms. The van der Waals surface area contributed by atoms with E-state index in [1.807, 2.05) is 50.2 Å². The van der Waals surface area contributed by atoms with Crippen LogP contribution in [0.1, 0.15) is 20.8 Å². The molecular formula is C14H18N4OS. The van der Waals surface area contributed by atoms with Crippen molar-refractivity contribution in [1.29, 1.82) is 0 Å². The minimum Gasteiger partial charge on any atom is -0.382 e. The third-order valence-electron chi connectivity index (χ3n) is 2.80. The van der Waals surface area contributed by atoms with E-state index in [0.717, 1.165) is 10.7 Å². The summed E-state index contributed by atoms with van der Waals surface area (Å²) in [5.74, 6) is 0.0915. The normalized spacial score (nSPS) is 10.3. The molecule has 0 radical (unpaired) electrons. The Kier molecular flexibility index (Phi) is 4.24. The van der Waals surface area contributed by atoms with E-state index in [0.29, 0.717) is 11.4 Å². The van der Waals surface area contributed by atoms with Crippen LogP contribution in [0.25, 0.3) is 0 Å². The summed E-state index contributed by atoms with van der Waals surface area (Å²) in [7, 11) is 3.73. The summed E-state index contributed by atoms with van der Waals surface area (Å²) >= 11 is 1.29. The number of carbonyl (C=O) groups is 1. The number of thiazole rings is 1. The van der Waals surface area contributed by atoms with Crippen molar-refractivity contribution in [2.45, 2.75) is 13.5 Å². The van der Waals surface area contributed by atoms with Crippen LogP contribution in [0, 0.1) is 6.92 Å². The zero-order valence-corrected chi connectivity index (χ0v) is 12.6. The van der Waals surface area contributed by atoms with Crippen LogP contribution in [-0.2, 0) is 6.54 Å². The Hall–Kier alpha value is -2.08. The Morgan fingerprint density at radius 2 is 2.00 bits per heavy atom. The van der Waals surface area contributed by atoms with Crippen LogP contribution in [0.5, 0.6) is 0 Å². The highest BCUT2D eigenvalue weighted by atomic mass is 32.1. The third-order valence-corrected chi connectivity index (χ3v) is 4.04. The number of nitrogens with two attached hydrogens (primary N) is 1. The van der Waals surface area contributed by atoms with Gasteiger partial charge in [0.15, 0.2) is 5.13 Å². The predicted molar refractivity (Wildman–Crippen MR) is 83.2 cm³/mol. The average Bonchev–Trinajstić information content (AvgIpc) is 2.80. The molecule has 2 rings (SSSR count). The van der Waals surface area contributed by atoms with Gasteiger partial charge in [-0.1, -0.05) is 41.2 Å². The molecule has 1 amide bonds. The van der Waals surface area contributed by atoms with Crippen LogP contribution in [0.4, 0.5) is 10.9 Å². The van der Waals surface area contributed by atoms with E-state index in [9.17, 15) is 4.79 Å². The first-order valence-electron chi connectivity index (χ1n) is 6.24. The first-order valence-corrected chi connectivity index (χ1v) is 7.06. The van der Waals surface area contributed by atoms with Gasteiger partial charge >= 0.3 is 0 Å². The van der Waals surface area contributed by atoms with Crippen LogP contribution in [-0.4, -0.2) is 25.0 Å². The lowest BCUT2D eigenvalue weighted by atomic mass is 10.1. The van der Waals surface area contributed by atoms with Crippen molar-refractivity contribution in [2.24, 2.45) is 0 Å². The van der Waals surface area contributed by atoms with Gasteiger partial charge in [0.25, 0.3) is 5.91 Å². The Morgan fingerprint density at radius 3 is 2.55 bits per heavy atom. The molecule has 0 spiro atoms. The summed E-state index contributed by atoms with van der Waals surface area (Å²) in [6.07, 6.45) is 0. The second-order valence-electron chi connectivity index (χ2n) is 4.77. The molecule has 3 N–H and O–H groups in total. The molecule has 2 aromatic rings. The highest BCUT2D eigenvalue weighted by Crippen LogP contribution is 2.26. The molecule has 5 nitrogen and oxygen atoms in total. The van der Waals surface area contributed by atoms with Gasteiger partial charge in [-0.15, -0.1) is 0 Å². The van der Waals surface area contributed by atoms with Crippen molar-refractivity contribution in [3.63, 3.8) is 0 Å². The minimum atomic E-state index is -0.186. The van der Waals surface area contributed by atoms with Gasteiger partial charge in [0.2, 0.25) is 0 Å². The molecule has 1 heterocycles. The number of nitrogens with one attached hydrogen (secondary N) is 1. The average molecular weight is 290 g/mol. The fourth-order valence-electron chi connectivity index (χ4n) is 1.64. The molecule has 1 aromatic heterocycles. The summed E-state index contributed by atoms with van der Waals surface area (Å²) in [5.41, 5.74) is 8.03. The maximum atomic E-state index is 12.1. The van der Waals surface area contributed by atoms with E-state index in [-0.39, 0.29) is 11.7 Å². The number of anilines is 2. The van der Waals surface area contributed by atoms with E-state index in [4.69, 9.17) is 5.73 Å². The highest BCUT2D eigenvalue weighted by Gasteiger charge is 2.16. The number of hydrogen-bond acceptors (Lipinski definition) is 5. The van der Waals surface area contributed by atoms with Crippen LogP contribution in [0.3, 0.4) is 0 Å². The fourth-order valence-corrected chi connectivity index (χ4v) is 2.47. The Bertz CT molecular complexity index is 604. The van der Waals surface area contributed by atoms with E-state index in [2.05, 4.69) is 10.3 Å². The van der Waals surface area contributed by atoms with Crippen molar-refractivity contribution in [3.05, 3.63) is 40.3 Å². The largest absolute Gasteiger partial charge is 0.382 e. The van der Waals surface area contributed by atoms with Gasteiger partial charge in [-0.25, -0.2) is 4.98 Å². The number of rotatable bonds is 4. The summed E-state index contributed by atoms with van der Waals surface area (Å²) in [6, 6.07) is 8.03. The van der Waals surface area contributed by atoms with Gasteiger partial charge in [-0.05, 0) is 12.5 Å². The number of nitrogens with zero attached hydrogens (tertiary/aromatic N) is 2. The van der Waals surface area contributed by atoms with Gasteiger partial charge < -0.3 is 16.0 Å². The van der Waals surface area contributed by atoms with Gasteiger partial charge in [0.1, 0.15) is 10.7 Å². The SMILES string of the molecule is Cc1ccc(CNC(=O)c2sc(N(C)C)nc2N)cc1. The number of aryl methyl sites for hydroxylation is 1. The smallest absolute Gasteiger partial charge is 0.265 e. The number of nitrogen functional groups attached to an aromatic ring is 1. The molecule has 0 aliphatic rings. The van der Waals surface area contributed by atoms with Crippen LogP contribution in [0.15, 0.2) is 24.3 Å². The number of hydrogen-bond donors (Lipinski definition) is 2. The molecule has 0 atom stereocenters. The Labute approximate surface area is 122 Å². The van der Waals surface area contributed by atoms with Gasteiger partial charge in [-0.3, -0.25) is 4.79 Å². The Morgan fingerprint density at radius 1 is 1.35 bits per heavy atom. The quantitative estimate of drug-likeness (QED) is 0.904. The van der Waals surface area contributed by atoms with Crippen LogP contribution >= 0.6 is 11.3 Å². The van der Waals surface area contributed by atoms with E-state index in [1.54, 1.807) is 0 Å². The van der Waals surface area contributed by atoms with Crippen molar-refractivity contribution >= 4 is 28.2 Å². The molecule has 0 aliphatic heterocycles. The molecule has 0 bridgehead atoms. The molecule has 0 aliphatic carbocycles. The third kappa shape index (κ3) is 3.27. The molecule has 0 saturated heterocycles. The summed E-state index contributed by atoms with van der Waals surface area (Å²) < 4.78 is 0. The van der Waals surface area contributed by atoms with Crippen LogP contribution in [0.2, 0.25) is 0 Å². The van der Waals surface area contributed by atoms with Crippen molar-refractivity contribution in [3.8, 4) is 0 Å². The summed E-state index contributed by atoms with van der Waals surface area (Å²) in [6.45, 7) is 2.51. The Balaban J connectivity index is 2.03. The predicted octanol–water partition coefficient (Wildman–Crippen LogP) is 2.03. The lowest BCUT2D eigenvalue weighted by molar-refractivity contribution is 0.0955. The zero-order chi connectivity index (χ0) is 14.7. The summed E-state index contributed by atoms with van der Waals surface area (Å²) in [4.78, 5) is 18.6. The molecular weight excluding hydrogens is 272 g/mol. The van der Waals surface area contributed by atoms with Gasteiger partial charge in [0.05, 0.1) is 0 Å². The molecule has 0 unspecified atom stereocenters. The van der Waals surface area contributed by atoms with E-state index >= 15 is 0 Å². The lowest BCUT2D eigenvalue weighted by Crippen LogP contribution is -2.22. The number of benzene rings is 1. The maximum absolute atomic E-state index is 12.1. The number of amides is 1. The number of aromatic nitrogens is 1. The molecule has 20 heavy (non-hydrogen) atoms. The van der Waals surface area contributed by atoms with Crippen molar-refractivity contribution < 1.29 is 4.79 Å². The number of carbonyl (C=O) groups excluding carboxylic acids is 1. The van der Waals surface area contributed by atoms with Crippen molar-refractivity contribution in [1.82, 2.24) is 10.3 Å². The molecule has 0 fully saturated rings. The highest BCUT2D eigenvalue weighted by molar-refractivity contribution is 7.18. The maximum Gasteiger partial charge on any atom is 0.265 e. The second-order valence-corrected chi connectivity index (χ2v) is 5.75. The minimum absolute atomic E-state index is 0.186. The second kappa shape index (κ2) is 5.92. The van der Waals surface area contributed by atoms with Crippen molar-refractivity contribution in [2.75, 3.05) is 24.7 Å². The first-order chi connectivity index (χ1) is 9.47. The van der Waals surface area contributed by atoms with Gasteiger partial charge in [0, 0.05) is 20.6 Å². The fraction of sp³-hybridized carbons (Fsp3) is 0.286. The van der Waals surface area contributed by atoms with E-state index < -0.39 is 0 Å². The molecule has 106 valence electrons. The summed E-state index contributed by atoms with van der Waals surface area (Å²) in [5, 5.41) is 3.59. The monoisotopic (exact) mass is 290 g/mol. The molecule has 0 saturated carbocycles. The standard InChI is InChI=1S/C14H18N4OS/c1-9-4-6-10(7-5-9)8-16-13(19)11-12(15)17-14(20-11)18(2)3/h4-7H,8,15H2,1-3H3,(H,16,19). The van der Waals surface area contributed by atoms with Gasteiger partial charge in [-0.2, -0.15) is 0 Å². The molecule has 1 aromatic carbocycles.